The number of hydrogen-bond acceptors (Lipinski definition) is 8. The molecule has 27 heavy (non-hydrogen) atoms. The van der Waals surface area contributed by atoms with Crippen molar-refractivity contribution in [2.24, 2.45) is 10.2 Å². The number of pyridine rings is 1. The van der Waals surface area contributed by atoms with Crippen LogP contribution in [0.5, 0.6) is 0 Å². The maximum atomic E-state index is 12.3. The van der Waals surface area contributed by atoms with Crippen LogP contribution in [0.4, 0.5) is 11.5 Å². The summed E-state index contributed by atoms with van der Waals surface area (Å²) >= 11 is 0. The lowest BCUT2D eigenvalue weighted by Crippen LogP contribution is -2.13. The molecule has 0 aliphatic carbocycles. The summed E-state index contributed by atoms with van der Waals surface area (Å²) < 4.78 is 31.8. The number of aliphatic hydroxyl groups is 1. The molecule has 2 rings (SSSR count). The lowest BCUT2D eigenvalue weighted by atomic mass is 10.3. The number of anilines is 1. The molecule has 10 heteroatoms. The largest absolute Gasteiger partial charge is 0.510 e. The van der Waals surface area contributed by atoms with E-state index in [1.54, 1.807) is 19.1 Å². The Hall–Kier alpha value is -3.27. The quantitative estimate of drug-likeness (QED) is 0.323. The highest BCUT2D eigenvalue weighted by molar-refractivity contribution is 7.92. The van der Waals surface area contributed by atoms with Gasteiger partial charge in [0, 0.05) is 6.20 Å². The molecule has 1 aromatic heterocycles. The molecule has 0 bridgehead atoms. The highest BCUT2D eigenvalue weighted by Gasteiger charge is 2.15. The van der Waals surface area contributed by atoms with E-state index in [0.717, 1.165) is 0 Å². The Balaban J connectivity index is 2.17. The van der Waals surface area contributed by atoms with Gasteiger partial charge >= 0.3 is 5.97 Å². The first-order valence-corrected chi connectivity index (χ1v) is 9.34. The van der Waals surface area contributed by atoms with Gasteiger partial charge in [0.25, 0.3) is 10.0 Å². The van der Waals surface area contributed by atoms with Crippen LogP contribution in [-0.2, 0) is 19.6 Å². The lowest BCUT2D eigenvalue weighted by Gasteiger charge is -2.07. The number of hydrogen-bond donors (Lipinski definition) is 2. The molecule has 0 saturated heterocycles. The number of nitrogens with one attached hydrogen (secondary N) is 1. The van der Waals surface area contributed by atoms with Crippen LogP contribution in [0.3, 0.4) is 0 Å². The Labute approximate surface area is 156 Å². The number of ether oxygens (including phenoxy) is 1. The normalized spacial score (nSPS) is 12.5. The maximum Gasteiger partial charge on any atom is 0.362 e. The summed E-state index contributed by atoms with van der Waals surface area (Å²) in [6, 6.07) is 10.3. The van der Waals surface area contributed by atoms with E-state index in [-0.39, 0.29) is 34.5 Å². The number of sulfonamides is 1. The van der Waals surface area contributed by atoms with Crippen molar-refractivity contribution in [3.8, 4) is 0 Å². The average Bonchev–Trinajstić information content (AvgIpc) is 2.63. The minimum absolute atomic E-state index is 0.00611. The molecule has 0 radical (unpaired) electrons. The van der Waals surface area contributed by atoms with Crippen LogP contribution >= 0.6 is 0 Å². The van der Waals surface area contributed by atoms with E-state index in [1.165, 1.54) is 43.5 Å². The van der Waals surface area contributed by atoms with E-state index < -0.39 is 16.0 Å². The summed E-state index contributed by atoms with van der Waals surface area (Å²) in [5.74, 6) is -0.945. The summed E-state index contributed by atoms with van der Waals surface area (Å²) in [6.07, 6.45) is 1.47. The van der Waals surface area contributed by atoms with Gasteiger partial charge in [-0.25, -0.2) is 18.2 Å². The maximum absolute atomic E-state index is 12.3. The van der Waals surface area contributed by atoms with Crippen LogP contribution in [-0.4, -0.2) is 31.1 Å². The number of aliphatic hydroxyl groups excluding tert-OH is 1. The molecule has 2 N–H and O–H groups in total. The Kier molecular flexibility index (Phi) is 6.61. The molecule has 0 atom stereocenters. The number of benzene rings is 1. The smallest absolute Gasteiger partial charge is 0.362 e. The first-order chi connectivity index (χ1) is 12.8. The molecule has 0 fully saturated rings. The number of nitrogens with zero attached hydrogens (tertiary/aromatic N) is 3. The van der Waals surface area contributed by atoms with Crippen LogP contribution < -0.4 is 4.72 Å². The second-order valence-corrected chi connectivity index (χ2v) is 6.85. The minimum Gasteiger partial charge on any atom is -0.510 e. The third-order valence-corrected chi connectivity index (χ3v) is 4.50. The molecule has 2 aromatic rings. The fourth-order valence-corrected chi connectivity index (χ4v) is 2.89. The van der Waals surface area contributed by atoms with E-state index in [9.17, 15) is 18.3 Å². The van der Waals surface area contributed by atoms with Crippen molar-refractivity contribution in [1.29, 1.82) is 0 Å². The molecule has 0 saturated carbocycles. The standard InChI is InChI=1S/C17H18N4O5S/c1-3-26-17(23)16(12(2)22)20-19-13-7-9-14(10-8-13)27(24,25)21-15-6-4-5-11-18-15/h4-11,22H,3H2,1-2H3,(H,18,21)/b16-12+,20-19?. The highest BCUT2D eigenvalue weighted by atomic mass is 32.2. The zero-order chi connectivity index (χ0) is 19.9. The predicted molar refractivity (Wildman–Crippen MR) is 98.0 cm³/mol. The van der Waals surface area contributed by atoms with Gasteiger partial charge in [-0.2, -0.15) is 5.11 Å². The second kappa shape index (κ2) is 8.90. The number of carbonyl (C=O) groups is 1. The Morgan fingerprint density at radius 3 is 2.48 bits per heavy atom. The monoisotopic (exact) mass is 390 g/mol. The molecule has 1 heterocycles. The minimum atomic E-state index is -3.80. The topological polar surface area (TPSA) is 130 Å². The average molecular weight is 390 g/mol. The Bertz CT molecular complexity index is 951. The number of azo groups is 1. The first kappa shape index (κ1) is 20.0. The number of rotatable bonds is 7. The van der Waals surface area contributed by atoms with Gasteiger partial charge in [-0.15, -0.1) is 5.11 Å². The van der Waals surface area contributed by atoms with Crippen LogP contribution in [0.25, 0.3) is 0 Å². The van der Waals surface area contributed by atoms with Crippen LogP contribution in [0.2, 0.25) is 0 Å². The molecule has 1 aromatic carbocycles. The van der Waals surface area contributed by atoms with Crippen molar-refractivity contribution in [1.82, 2.24) is 4.98 Å². The van der Waals surface area contributed by atoms with Gasteiger partial charge in [-0.1, -0.05) is 6.07 Å². The summed E-state index contributed by atoms with van der Waals surface area (Å²) in [7, 11) is -3.80. The van der Waals surface area contributed by atoms with Crippen LogP contribution in [0, 0.1) is 0 Å². The number of aromatic nitrogens is 1. The van der Waals surface area contributed by atoms with Gasteiger partial charge in [-0.05, 0) is 50.2 Å². The van der Waals surface area contributed by atoms with Gasteiger partial charge in [0.2, 0.25) is 5.70 Å². The van der Waals surface area contributed by atoms with Crippen LogP contribution in [0.15, 0.2) is 75.2 Å². The van der Waals surface area contributed by atoms with Crippen molar-refractivity contribution in [2.75, 3.05) is 11.3 Å². The zero-order valence-corrected chi connectivity index (χ0v) is 15.5. The molecule has 9 nitrogen and oxygen atoms in total. The van der Waals surface area contributed by atoms with E-state index in [4.69, 9.17) is 4.74 Å². The molecule has 0 amide bonds. The van der Waals surface area contributed by atoms with E-state index >= 15 is 0 Å². The van der Waals surface area contributed by atoms with E-state index in [0.29, 0.717) is 0 Å². The van der Waals surface area contributed by atoms with Gasteiger partial charge in [-0.3, -0.25) is 4.72 Å². The third-order valence-electron chi connectivity index (χ3n) is 3.13. The highest BCUT2D eigenvalue weighted by Crippen LogP contribution is 2.20. The summed E-state index contributed by atoms with van der Waals surface area (Å²) in [4.78, 5) is 15.6. The van der Waals surface area contributed by atoms with Gasteiger partial charge < -0.3 is 9.84 Å². The lowest BCUT2D eigenvalue weighted by molar-refractivity contribution is -0.138. The van der Waals surface area contributed by atoms with Crippen molar-refractivity contribution in [3.63, 3.8) is 0 Å². The molecular formula is C17H18N4O5S. The summed E-state index contributed by atoms with van der Waals surface area (Å²) in [6.45, 7) is 3.03. The number of carbonyl (C=O) groups excluding carboxylic acids is 1. The Morgan fingerprint density at radius 1 is 1.22 bits per heavy atom. The van der Waals surface area contributed by atoms with Crippen molar-refractivity contribution in [2.45, 2.75) is 18.7 Å². The van der Waals surface area contributed by atoms with Gasteiger partial charge in [0.05, 0.1) is 17.2 Å². The fourth-order valence-electron chi connectivity index (χ4n) is 1.88. The van der Waals surface area contributed by atoms with Crippen molar-refractivity contribution < 1.29 is 23.1 Å². The molecule has 0 unspecified atom stereocenters. The predicted octanol–water partition coefficient (Wildman–Crippen LogP) is 3.32. The van der Waals surface area contributed by atoms with E-state index in [2.05, 4.69) is 19.9 Å². The number of allylic oxidation sites excluding steroid dienone is 1. The van der Waals surface area contributed by atoms with Gasteiger partial charge in [0.1, 0.15) is 11.6 Å². The Morgan fingerprint density at radius 2 is 1.93 bits per heavy atom. The van der Waals surface area contributed by atoms with Gasteiger partial charge in [0.15, 0.2) is 0 Å². The fraction of sp³-hybridized carbons (Fsp3) is 0.176. The number of esters is 1. The molecule has 0 spiro atoms. The summed E-state index contributed by atoms with van der Waals surface area (Å²) in [5, 5.41) is 17.0. The molecule has 142 valence electrons. The molecule has 0 aliphatic heterocycles. The SMILES string of the molecule is CCOC(=O)/C(N=Nc1ccc(S(=O)(=O)Nc2ccccn2)cc1)=C(/C)O. The van der Waals surface area contributed by atoms with Crippen molar-refractivity contribution >= 4 is 27.5 Å². The first-order valence-electron chi connectivity index (χ1n) is 7.86. The van der Waals surface area contributed by atoms with Crippen LogP contribution in [0.1, 0.15) is 13.8 Å². The second-order valence-electron chi connectivity index (χ2n) is 5.17. The van der Waals surface area contributed by atoms with E-state index in [1.807, 2.05) is 0 Å². The third kappa shape index (κ3) is 5.61. The summed E-state index contributed by atoms with van der Waals surface area (Å²) in [5.41, 5.74) is -0.0415. The van der Waals surface area contributed by atoms with Crippen molar-refractivity contribution in [3.05, 3.63) is 60.1 Å². The zero-order valence-electron chi connectivity index (χ0n) is 14.7. The molecule has 0 aliphatic rings. The molecular weight excluding hydrogens is 372 g/mol.